The van der Waals surface area contributed by atoms with E-state index in [4.69, 9.17) is 11.5 Å². The van der Waals surface area contributed by atoms with Crippen LogP contribution in [0.5, 0.6) is 0 Å². The smallest absolute Gasteiger partial charge is 0.253 e. The Balaban J connectivity index is 2.04. The topological polar surface area (TPSA) is 107 Å². The summed E-state index contributed by atoms with van der Waals surface area (Å²) in [6, 6.07) is 8.31. The number of aromatic nitrogens is 2. The zero-order chi connectivity index (χ0) is 13.0. The molecule has 0 saturated heterocycles. The Labute approximate surface area is 104 Å². The van der Waals surface area contributed by atoms with Gasteiger partial charge >= 0.3 is 0 Å². The van der Waals surface area contributed by atoms with Gasteiger partial charge in [-0.2, -0.15) is 10.2 Å². The average Bonchev–Trinajstić information content (AvgIpc) is 2.37. The Morgan fingerprint density at radius 3 is 2.78 bits per heavy atom. The fourth-order valence-corrected chi connectivity index (χ4v) is 1.48. The summed E-state index contributed by atoms with van der Waals surface area (Å²) in [6.07, 6.45) is 1.57. The number of nitrogens with zero attached hydrogens (tertiary/aromatic N) is 2. The van der Waals surface area contributed by atoms with Crippen LogP contribution in [0.1, 0.15) is 16.1 Å². The lowest BCUT2D eigenvalue weighted by atomic mass is 10.1. The van der Waals surface area contributed by atoms with Crippen LogP contribution in [0.15, 0.2) is 36.5 Å². The van der Waals surface area contributed by atoms with Gasteiger partial charge in [-0.15, -0.1) is 0 Å². The van der Waals surface area contributed by atoms with Gasteiger partial charge < -0.3 is 16.8 Å². The second kappa shape index (κ2) is 5.13. The van der Waals surface area contributed by atoms with Gasteiger partial charge in [-0.25, -0.2) is 0 Å². The van der Waals surface area contributed by atoms with E-state index < -0.39 is 0 Å². The zero-order valence-electron chi connectivity index (χ0n) is 9.63. The van der Waals surface area contributed by atoms with Gasteiger partial charge in [0.1, 0.15) is 0 Å². The molecule has 0 unspecified atom stereocenters. The summed E-state index contributed by atoms with van der Waals surface area (Å²) in [5.41, 5.74) is 13.2. The number of amides is 1. The summed E-state index contributed by atoms with van der Waals surface area (Å²) in [6.45, 7) is 0.302. The van der Waals surface area contributed by atoms with E-state index >= 15 is 0 Å². The predicted molar refractivity (Wildman–Crippen MR) is 68.5 cm³/mol. The molecular weight excluding hydrogens is 230 g/mol. The van der Waals surface area contributed by atoms with E-state index in [1.807, 2.05) is 0 Å². The molecule has 0 fully saturated rings. The van der Waals surface area contributed by atoms with E-state index in [0.29, 0.717) is 29.2 Å². The van der Waals surface area contributed by atoms with E-state index in [9.17, 15) is 4.79 Å². The summed E-state index contributed by atoms with van der Waals surface area (Å²) in [4.78, 5) is 11.9. The zero-order valence-corrected chi connectivity index (χ0v) is 9.63. The van der Waals surface area contributed by atoms with Crippen LogP contribution in [0.3, 0.4) is 0 Å². The highest BCUT2D eigenvalue weighted by atomic mass is 16.1. The van der Waals surface area contributed by atoms with E-state index in [1.165, 1.54) is 0 Å². The largest absolute Gasteiger partial charge is 0.399 e. The number of nitrogens with two attached hydrogens (primary N) is 2. The van der Waals surface area contributed by atoms with Gasteiger partial charge in [0.15, 0.2) is 0 Å². The lowest BCUT2D eigenvalue weighted by Crippen LogP contribution is -2.24. The number of hydrogen-bond donors (Lipinski definition) is 3. The Kier molecular flexibility index (Phi) is 3.38. The average molecular weight is 243 g/mol. The summed E-state index contributed by atoms with van der Waals surface area (Å²) in [5, 5.41) is 10.3. The molecule has 0 aliphatic carbocycles. The lowest BCUT2D eigenvalue weighted by molar-refractivity contribution is 0.0951. The molecule has 5 N–H and O–H groups in total. The van der Waals surface area contributed by atoms with Crippen molar-refractivity contribution in [2.75, 3.05) is 11.5 Å². The van der Waals surface area contributed by atoms with E-state index in [2.05, 4.69) is 15.5 Å². The normalized spacial score (nSPS) is 10.0. The minimum atomic E-state index is -0.266. The monoisotopic (exact) mass is 243 g/mol. The lowest BCUT2D eigenvalue weighted by Gasteiger charge is -2.07. The van der Waals surface area contributed by atoms with Crippen molar-refractivity contribution in [3.05, 3.63) is 47.8 Å². The number of carbonyl (C=O) groups excluding carboxylic acids is 1. The Hall–Kier alpha value is -2.63. The number of hydrogen-bond acceptors (Lipinski definition) is 5. The second-order valence-corrected chi connectivity index (χ2v) is 3.74. The maximum Gasteiger partial charge on any atom is 0.253 e. The van der Waals surface area contributed by atoms with E-state index in [1.54, 1.807) is 36.5 Å². The molecule has 1 heterocycles. The molecule has 2 rings (SSSR count). The molecule has 2 aromatic rings. The Bertz CT molecular complexity index is 556. The third kappa shape index (κ3) is 2.73. The second-order valence-electron chi connectivity index (χ2n) is 3.74. The molecule has 0 radical (unpaired) electrons. The molecule has 1 amide bonds. The highest BCUT2D eigenvalue weighted by molar-refractivity contribution is 5.99. The first kappa shape index (κ1) is 11.8. The van der Waals surface area contributed by atoms with Gasteiger partial charge in [0.25, 0.3) is 5.91 Å². The molecule has 0 bridgehead atoms. The summed E-state index contributed by atoms with van der Waals surface area (Å²) in [7, 11) is 0. The molecule has 0 aliphatic heterocycles. The number of carbonyl (C=O) groups is 1. The molecule has 0 atom stereocenters. The maximum absolute atomic E-state index is 11.9. The van der Waals surface area contributed by atoms with Crippen LogP contribution in [-0.2, 0) is 6.54 Å². The third-order valence-corrected chi connectivity index (χ3v) is 2.38. The minimum Gasteiger partial charge on any atom is -0.399 e. The number of nitrogens with one attached hydrogen (secondary N) is 1. The van der Waals surface area contributed by atoms with Crippen molar-refractivity contribution < 1.29 is 4.79 Å². The molecule has 1 aromatic heterocycles. The number of nitrogen functional groups attached to an aromatic ring is 2. The first-order valence-corrected chi connectivity index (χ1v) is 5.36. The summed E-state index contributed by atoms with van der Waals surface area (Å²) < 4.78 is 0. The summed E-state index contributed by atoms with van der Waals surface area (Å²) in [5.74, 6) is -0.266. The minimum absolute atomic E-state index is 0.266. The number of rotatable bonds is 3. The highest BCUT2D eigenvalue weighted by Crippen LogP contribution is 2.15. The van der Waals surface area contributed by atoms with Gasteiger partial charge in [0, 0.05) is 17.6 Å². The van der Waals surface area contributed by atoms with Crippen molar-refractivity contribution in [1.82, 2.24) is 15.5 Å². The maximum atomic E-state index is 11.9. The van der Waals surface area contributed by atoms with Crippen LogP contribution < -0.4 is 16.8 Å². The number of benzene rings is 1. The first-order chi connectivity index (χ1) is 8.66. The fourth-order valence-electron chi connectivity index (χ4n) is 1.48. The van der Waals surface area contributed by atoms with Gasteiger partial charge in [-0.05, 0) is 30.3 Å². The van der Waals surface area contributed by atoms with Crippen molar-refractivity contribution in [2.24, 2.45) is 0 Å². The Morgan fingerprint density at radius 2 is 2.11 bits per heavy atom. The van der Waals surface area contributed by atoms with Crippen molar-refractivity contribution in [1.29, 1.82) is 0 Å². The molecule has 0 aliphatic rings. The van der Waals surface area contributed by atoms with Crippen LogP contribution in [-0.4, -0.2) is 16.1 Å². The highest BCUT2D eigenvalue weighted by Gasteiger charge is 2.09. The van der Waals surface area contributed by atoms with Gasteiger partial charge in [0.2, 0.25) is 0 Å². The van der Waals surface area contributed by atoms with Crippen LogP contribution in [0.25, 0.3) is 0 Å². The van der Waals surface area contributed by atoms with E-state index in [0.717, 1.165) is 0 Å². The molecule has 6 heteroatoms. The van der Waals surface area contributed by atoms with Crippen molar-refractivity contribution in [3.63, 3.8) is 0 Å². The molecule has 6 nitrogen and oxygen atoms in total. The summed E-state index contributed by atoms with van der Waals surface area (Å²) >= 11 is 0. The molecular formula is C12H13N5O. The quantitative estimate of drug-likeness (QED) is 0.683. The van der Waals surface area contributed by atoms with Crippen molar-refractivity contribution in [3.8, 4) is 0 Å². The van der Waals surface area contributed by atoms with Crippen LogP contribution in [0.4, 0.5) is 11.4 Å². The van der Waals surface area contributed by atoms with Crippen LogP contribution in [0.2, 0.25) is 0 Å². The predicted octanol–water partition coefficient (Wildman–Crippen LogP) is 0.571. The van der Waals surface area contributed by atoms with Crippen LogP contribution >= 0.6 is 0 Å². The van der Waals surface area contributed by atoms with E-state index in [-0.39, 0.29) is 5.91 Å². The first-order valence-electron chi connectivity index (χ1n) is 5.36. The molecule has 18 heavy (non-hydrogen) atoms. The SMILES string of the molecule is Nc1ccc(C(=O)NCc2cccnn2)c(N)c1. The van der Waals surface area contributed by atoms with Gasteiger partial charge in [0.05, 0.1) is 17.8 Å². The third-order valence-electron chi connectivity index (χ3n) is 2.38. The van der Waals surface area contributed by atoms with Gasteiger partial charge in [-0.1, -0.05) is 0 Å². The fraction of sp³-hybridized carbons (Fsp3) is 0.0833. The molecule has 0 spiro atoms. The van der Waals surface area contributed by atoms with Gasteiger partial charge in [-0.3, -0.25) is 4.79 Å². The van der Waals surface area contributed by atoms with Crippen LogP contribution in [0, 0.1) is 0 Å². The molecule has 92 valence electrons. The van der Waals surface area contributed by atoms with Crippen molar-refractivity contribution in [2.45, 2.75) is 6.54 Å². The standard InChI is InChI=1S/C12H13N5O/c13-8-3-4-10(11(14)6-8)12(18)15-7-9-2-1-5-16-17-9/h1-6H,7,13-14H2,(H,15,18). The Morgan fingerprint density at radius 1 is 1.28 bits per heavy atom. The number of anilines is 2. The molecule has 1 aromatic carbocycles. The molecule has 0 saturated carbocycles. The van der Waals surface area contributed by atoms with Crippen molar-refractivity contribution >= 4 is 17.3 Å².